The van der Waals surface area contributed by atoms with Gasteiger partial charge in [0.2, 0.25) is 0 Å². The molecule has 0 aliphatic carbocycles. The summed E-state index contributed by atoms with van der Waals surface area (Å²) in [5.41, 5.74) is 1.23. The van der Waals surface area contributed by atoms with Gasteiger partial charge in [0.05, 0.1) is 0 Å². The molecule has 2 aromatic rings. The maximum absolute atomic E-state index is 12.7. The fourth-order valence-corrected chi connectivity index (χ4v) is 4.97. The summed E-state index contributed by atoms with van der Waals surface area (Å²) in [5, 5.41) is 0. The lowest BCUT2D eigenvalue weighted by atomic mass is 10.1. The van der Waals surface area contributed by atoms with Crippen LogP contribution >= 0.6 is 23.5 Å². The normalized spacial score (nSPS) is 18.0. The summed E-state index contributed by atoms with van der Waals surface area (Å²) >= 11 is 3.95. The van der Waals surface area contributed by atoms with Crippen LogP contribution in [0.2, 0.25) is 0 Å². The van der Waals surface area contributed by atoms with Crippen LogP contribution in [0.15, 0.2) is 36.7 Å². The third-order valence-electron chi connectivity index (χ3n) is 4.69. The molecule has 0 N–H and O–H groups in total. The Morgan fingerprint density at radius 3 is 1.50 bits per heavy atom. The van der Waals surface area contributed by atoms with Crippen molar-refractivity contribution in [3.05, 3.63) is 47.8 Å². The molecular weight excluding hydrogens is 364 g/mol. The van der Waals surface area contributed by atoms with Gasteiger partial charge >= 0.3 is 0 Å². The van der Waals surface area contributed by atoms with E-state index < -0.39 is 0 Å². The predicted octanol–water partition coefficient (Wildman–Crippen LogP) is 2.81. The first-order valence-corrected chi connectivity index (χ1v) is 11.2. The summed E-state index contributed by atoms with van der Waals surface area (Å²) in [6.45, 7) is 4.08. The lowest BCUT2D eigenvalue weighted by molar-refractivity contribution is 0.103. The monoisotopic (exact) mass is 386 g/mol. The number of hydrogen-bond donors (Lipinski definition) is 0. The zero-order valence-electron chi connectivity index (χ0n) is 14.6. The fourth-order valence-electron chi connectivity index (χ4n) is 3.17. The standard InChI is InChI=1S/C19H22N4OS2/c24-19(15-1-3-17(20-13-15)22-5-9-25-10-6-22)16-2-4-18(21-14-16)23-7-11-26-12-8-23/h1-4,13-14H,5-12H2. The Bertz CT molecular complexity index is 676. The molecule has 0 aromatic carbocycles. The Balaban J connectivity index is 1.44. The summed E-state index contributed by atoms with van der Waals surface area (Å²) < 4.78 is 0. The first kappa shape index (κ1) is 17.7. The summed E-state index contributed by atoms with van der Waals surface area (Å²) in [6, 6.07) is 7.66. The lowest BCUT2D eigenvalue weighted by Crippen LogP contribution is -2.33. The van der Waals surface area contributed by atoms with Crippen molar-refractivity contribution in [2.24, 2.45) is 0 Å². The molecule has 0 saturated carbocycles. The number of thioether (sulfide) groups is 2. The van der Waals surface area contributed by atoms with E-state index in [1.165, 1.54) is 0 Å². The first-order valence-electron chi connectivity index (χ1n) is 8.93. The molecule has 0 radical (unpaired) electrons. The topological polar surface area (TPSA) is 49.3 Å². The third kappa shape index (κ3) is 3.99. The molecule has 0 bridgehead atoms. The van der Waals surface area contributed by atoms with Crippen molar-refractivity contribution in [2.75, 3.05) is 59.0 Å². The molecule has 26 heavy (non-hydrogen) atoms. The quantitative estimate of drug-likeness (QED) is 0.749. The van der Waals surface area contributed by atoms with Crippen molar-refractivity contribution in [3.8, 4) is 0 Å². The average molecular weight is 387 g/mol. The van der Waals surface area contributed by atoms with Gasteiger partial charge in [-0.15, -0.1) is 0 Å². The van der Waals surface area contributed by atoms with Crippen LogP contribution in [0.4, 0.5) is 11.6 Å². The molecule has 7 heteroatoms. The molecule has 0 spiro atoms. The molecule has 4 rings (SSSR count). The van der Waals surface area contributed by atoms with Gasteiger partial charge in [-0.05, 0) is 24.3 Å². The van der Waals surface area contributed by atoms with Crippen molar-refractivity contribution in [3.63, 3.8) is 0 Å². The molecule has 4 heterocycles. The molecule has 5 nitrogen and oxygen atoms in total. The van der Waals surface area contributed by atoms with E-state index in [1.54, 1.807) is 12.4 Å². The van der Waals surface area contributed by atoms with Gasteiger partial charge in [-0.3, -0.25) is 4.79 Å². The van der Waals surface area contributed by atoms with Crippen LogP contribution in [0.1, 0.15) is 15.9 Å². The van der Waals surface area contributed by atoms with Crippen LogP contribution < -0.4 is 9.80 Å². The molecule has 0 unspecified atom stereocenters. The smallest absolute Gasteiger partial charge is 0.196 e. The highest BCUT2D eigenvalue weighted by molar-refractivity contribution is 7.99. The van der Waals surface area contributed by atoms with Gasteiger partial charge in [0.15, 0.2) is 5.78 Å². The number of nitrogens with zero attached hydrogens (tertiary/aromatic N) is 4. The van der Waals surface area contributed by atoms with E-state index >= 15 is 0 Å². The molecule has 0 amide bonds. The van der Waals surface area contributed by atoms with Crippen molar-refractivity contribution >= 4 is 40.9 Å². The third-order valence-corrected chi connectivity index (χ3v) is 6.58. The van der Waals surface area contributed by atoms with Crippen LogP contribution in [-0.4, -0.2) is 64.9 Å². The van der Waals surface area contributed by atoms with Crippen LogP contribution in [-0.2, 0) is 0 Å². The van der Waals surface area contributed by atoms with Gasteiger partial charge < -0.3 is 9.80 Å². The summed E-state index contributed by atoms with van der Waals surface area (Å²) in [4.78, 5) is 26.3. The number of carbonyl (C=O) groups is 1. The van der Waals surface area contributed by atoms with E-state index in [4.69, 9.17) is 0 Å². The van der Waals surface area contributed by atoms with E-state index in [9.17, 15) is 4.79 Å². The fraction of sp³-hybridized carbons (Fsp3) is 0.421. The summed E-state index contributed by atoms with van der Waals surface area (Å²) in [7, 11) is 0. The Morgan fingerprint density at radius 1 is 0.731 bits per heavy atom. The number of aromatic nitrogens is 2. The van der Waals surface area contributed by atoms with E-state index in [1.807, 2.05) is 47.8 Å². The highest BCUT2D eigenvalue weighted by Gasteiger charge is 2.16. The van der Waals surface area contributed by atoms with Gasteiger partial charge in [-0.1, -0.05) is 0 Å². The molecule has 2 fully saturated rings. The molecule has 2 aliphatic rings. The Morgan fingerprint density at radius 2 is 1.15 bits per heavy atom. The van der Waals surface area contributed by atoms with Gasteiger partial charge in [0.1, 0.15) is 11.6 Å². The van der Waals surface area contributed by atoms with Crippen molar-refractivity contribution in [2.45, 2.75) is 0 Å². The highest BCUT2D eigenvalue weighted by atomic mass is 32.2. The van der Waals surface area contributed by atoms with Crippen LogP contribution in [0.25, 0.3) is 0 Å². The second-order valence-corrected chi connectivity index (χ2v) is 8.79. The maximum atomic E-state index is 12.7. The Kier molecular flexibility index (Phi) is 5.65. The van der Waals surface area contributed by atoms with Crippen LogP contribution in [0, 0.1) is 0 Å². The second-order valence-electron chi connectivity index (χ2n) is 6.34. The highest BCUT2D eigenvalue weighted by Crippen LogP contribution is 2.20. The van der Waals surface area contributed by atoms with Gasteiger partial charge in [0, 0.05) is 72.7 Å². The van der Waals surface area contributed by atoms with Gasteiger partial charge in [-0.2, -0.15) is 23.5 Å². The van der Waals surface area contributed by atoms with Crippen LogP contribution in [0.5, 0.6) is 0 Å². The molecular formula is C19H22N4OS2. The van der Waals surface area contributed by atoms with Gasteiger partial charge in [-0.25, -0.2) is 9.97 Å². The Hall–Kier alpha value is -1.73. The summed E-state index contributed by atoms with van der Waals surface area (Å²) in [5.74, 6) is 6.43. The molecule has 136 valence electrons. The molecule has 0 atom stereocenters. The van der Waals surface area contributed by atoms with Crippen LogP contribution in [0.3, 0.4) is 0 Å². The molecule has 2 saturated heterocycles. The number of carbonyl (C=O) groups excluding carboxylic acids is 1. The van der Waals surface area contributed by atoms with E-state index in [-0.39, 0.29) is 5.78 Å². The van der Waals surface area contributed by atoms with Gasteiger partial charge in [0.25, 0.3) is 0 Å². The molecule has 2 aliphatic heterocycles. The first-order chi connectivity index (χ1) is 12.8. The van der Waals surface area contributed by atoms with E-state index in [0.29, 0.717) is 11.1 Å². The second kappa shape index (κ2) is 8.31. The minimum Gasteiger partial charge on any atom is -0.355 e. The number of rotatable bonds is 4. The maximum Gasteiger partial charge on any atom is 0.196 e. The average Bonchev–Trinajstić information content (AvgIpc) is 2.75. The molecule has 2 aromatic heterocycles. The Labute approximate surface area is 162 Å². The largest absolute Gasteiger partial charge is 0.355 e. The summed E-state index contributed by atoms with van der Waals surface area (Å²) in [6.07, 6.45) is 3.38. The zero-order chi connectivity index (χ0) is 17.8. The van der Waals surface area contributed by atoms with Crippen molar-refractivity contribution in [1.29, 1.82) is 0 Å². The number of hydrogen-bond acceptors (Lipinski definition) is 7. The minimum atomic E-state index is -0.0218. The SMILES string of the molecule is O=C(c1ccc(N2CCSCC2)nc1)c1ccc(N2CCSCC2)nc1. The van der Waals surface area contributed by atoms with E-state index in [0.717, 1.165) is 60.8 Å². The van der Waals surface area contributed by atoms with Crippen molar-refractivity contribution < 1.29 is 4.79 Å². The minimum absolute atomic E-state index is 0.0218. The number of ketones is 1. The van der Waals surface area contributed by atoms with Crippen molar-refractivity contribution in [1.82, 2.24) is 9.97 Å². The zero-order valence-corrected chi connectivity index (χ0v) is 16.3. The van der Waals surface area contributed by atoms with E-state index in [2.05, 4.69) is 19.8 Å². The number of pyridine rings is 2. The number of anilines is 2. The predicted molar refractivity (Wildman–Crippen MR) is 111 cm³/mol. The lowest BCUT2D eigenvalue weighted by Gasteiger charge is -2.27.